The summed E-state index contributed by atoms with van der Waals surface area (Å²) < 4.78 is 16.7. The average molecular weight is 298 g/mol. The molecule has 0 atom stereocenters. The molecule has 4 nitrogen and oxygen atoms in total. The van der Waals surface area contributed by atoms with Crippen LogP contribution in [0.5, 0.6) is 11.5 Å². The molecule has 22 heavy (non-hydrogen) atoms. The molecule has 0 N–H and O–H groups in total. The second-order valence-electron chi connectivity index (χ2n) is 6.12. The van der Waals surface area contributed by atoms with Gasteiger partial charge in [-0.1, -0.05) is 13.8 Å². The summed E-state index contributed by atoms with van der Waals surface area (Å²) in [5.41, 5.74) is 0.507. The fraction of sp³-hybridized carbons (Fsp3) is 0.278. The molecule has 3 rings (SSSR count). The van der Waals surface area contributed by atoms with E-state index in [-0.39, 0.29) is 11.2 Å². The van der Waals surface area contributed by atoms with E-state index in [9.17, 15) is 4.79 Å². The fourth-order valence-corrected chi connectivity index (χ4v) is 2.12. The van der Waals surface area contributed by atoms with Crippen LogP contribution in [0.25, 0.3) is 6.08 Å². The topological polar surface area (TPSA) is 48.7 Å². The molecule has 4 heteroatoms. The van der Waals surface area contributed by atoms with Crippen molar-refractivity contribution in [1.82, 2.24) is 0 Å². The van der Waals surface area contributed by atoms with Crippen LogP contribution in [0.3, 0.4) is 0 Å². The lowest BCUT2D eigenvalue weighted by Gasteiger charge is -2.19. The second-order valence-corrected chi connectivity index (χ2v) is 6.12. The van der Waals surface area contributed by atoms with Gasteiger partial charge in [0.15, 0.2) is 17.3 Å². The summed E-state index contributed by atoms with van der Waals surface area (Å²) in [5.74, 6) is 1.83. The standard InChI is InChI=1S/C18H18O4/c1-18(2)11-21-16-8-5-13(10-17(16)22-12-18)15(19)7-6-14-4-3-9-20-14/h3-10H,11-12H2,1-2H3/b7-6+. The Morgan fingerprint density at radius 2 is 1.91 bits per heavy atom. The van der Waals surface area contributed by atoms with Crippen LogP contribution in [0, 0.1) is 5.41 Å². The first-order valence-corrected chi connectivity index (χ1v) is 7.19. The first kappa shape index (κ1) is 14.4. The smallest absolute Gasteiger partial charge is 0.186 e. The number of carbonyl (C=O) groups excluding carboxylic acids is 1. The molecule has 1 aliphatic rings. The molecule has 0 spiro atoms. The van der Waals surface area contributed by atoms with Gasteiger partial charge in [0.2, 0.25) is 0 Å². The van der Waals surface area contributed by atoms with E-state index in [0.29, 0.717) is 36.0 Å². The summed E-state index contributed by atoms with van der Waals surface area (Å²) in [4.78, 5) is 12.2. The van der Waals surface area contributed by atoms with E-state index in [4.69, 9.17) is 13.9 Å². The molecule has 0 amide bonds. The maximum absolute atomic E-state index is 12.2. The fourth-order valence-electron chi connectivity index (χ4n) is 2.12. The molecule has 0 fully saturated rings. The van der Waals surface area contributed by atoms with E-state index in [2.05, 4.69) is 13.8 Å². The van der Waals surface area contributed by atoms with E-state index in [1.807, 2.05) is 0 Å². The monoisotopic (exact) mass is 298 g/mol. The highest BCUT2D eigenvalue weighted by atomic mass is 16.5. The first-order valence-electron chi connectivity index (χ1n) is 7.19. The molecule has 114 valence electrons. The van der Waals surface area contributed by atoms with Crippen molar-refractivity contribution in [1.29, 1.82) is 0 Å². The van der Waals surface area contributed by atoms with E-state index >= 15 is 0 Å². The van der Waals surface area contributed by atoms with E-state index < -0.39 is 0 Å². The second kappa shape index (κ2) is 5.72. The Hall–Kier alpha value is -2.49. The quantitative estimate of drug-likeness (QED) is 0.635. The Balaban J connectivity index is 1.79. The third-order valence-corrected chi connectivity index (χ3v) is 3.41. The normalized spacial score (nSPS) is 16.5. The van der Waals surface area contributed by atoms with Crippen molar-refractivity contribution in [2.75, 3.05) is 13.2 Å². The Morgan fingerprint density at radius 3 is 2.64 bits per heavy atom. The van der Waals surface area contributed by atoms with Gasteiger partial charge in [-0.15, -0.1) is 0 Å². The molecule has 2 aromatic rings. The Labute approximate surface area is 129 Å². The van der Waals surface area contributed by atoms with E-state index in [1.165, 1.54) is 6.08 Å². The molecule has 1 aromatic heterocycles. The van der Waals surface area contributed by atoms with Gasteiger partial charge in [-0.3, -0.25) is 4.79 Å². The van der Waals surface area contributed by atoms with E-state index in [1.54, 1.807) is 42.7 Å². The zero-order valence-electron chi connectivity index (χ0n) is 12.7. The van der Waals surface area contributed by atoms with Crippen LogP contribution in [0.1, 0.15) is 30.0 Å². The van der Waals surface area contributed by atoms with Gasteiger partial charge < -0.3 is 13.9 Å². The molecule has 0 saturated heterocycles. The van der Waals surface area contributed by atoms with E-state index in [0.717, 1.165) is 0 Å². The largest absolute Gasteiger partial charge is 0.489 e. The number of benzene rings is 1. The zero-order valence-corrected chi connectivity index (χ0v) is 12.7. The van der Waals surface area contributed by atoms with Gasteiger partial charge in [0, 0.05) is 11.0 Å². The van der Waals surface area contributed by atoms with Gasteiger partial charge >= 0.3 is 0 Å². The Kier molecular flexibility index (Phi) is 3.75. The maximum Gasteiger partial charge on any atom is 0.186 e. The van der Waals surface area contributed by atoms with Crippen molar-refractivity contribution < 1.29 is 18.7 Å². The number of carbonyl (C=O) groups is 1. The predicted molar refractivity (Wildman–Crippen MR) is 83.3 cm³/mol. The third-order valence-electron chi connectivity index (χ3n) is 3.41. The summed E-state index contributed by atoms with van der Waals surface area (Å²) in [6.07, 6.45) is 4.70. The van der Waals surface area contributed by atoms with Crippen molar-refractivity contribution in [2.45, 2.75) is 13.8 Å². The Bertz CT molecular complexity index is 696. The first-order chi connectivity index (χ1) is 10.5. The summed E-state index contributed by atoms with van der Waals surface area (Å²) in [7, 11) is 0. The van der Waals surface area contributed by atoms with Crippen molar-refractivity contribution in [3.05, 3.63) is 54.0 Å². The number of fused-ring (bicyclic) bond motifs is 1. The van der Waals surface area contributed by atoms with Gasteiger partial charge in [0.1, 0.15) is 5.76 Å². The maximum atomic E-state index is 12.2. The third kappa shape index (κ3) is 3.22. The van der Waals surface area contributed by atoms with Gasteiger partial charge in [-0.25, -0.2) is 0 Å². The molecule has 2 heterocycles. The molecule has 0 unspecified atom stereocenters. The molecule has 0 aliphatic carbocycles. The molecule has 1 aliphatic heterocycles. The van der Waals surface area contributed by atoms with Crippen molar-refractivity contribution in [2.24, 2.45) is 5.41 Å². The number of allylic oxidation sites excluding steroid dienone is 1. The molecule has 0 saturated carbocycles. The SMILES string of the molecule is CC1(C)COc2ccc(C(=O)/C=C/c3ccco3)cc2OC1. The summed E-state index contributed by atoms with van der Waals surface area (Å²) in [6.45, 7) is 5.31. The number of furan rings is 1. The minimum absolute atomic E-state index is 0.0532. The summed E-state index contributed by atoms with van der Waals surface area (Å²) in [5, 5.41) is 0. The Morgan fingerprint density at radius 1 is 1.14 bits per heavy atom. The van der Waals surface area contributed by atoms with Crippen LogP contribution in [0.15, 0.2) is 47.1 Å². The zero-order chi connectivity index (χ0) is 15.6. The van der Waals surface area contributed by atoms with Crippen LogP contribution >= 0.6 is 0 Å². The highest BCUT2D eigenvalue weighted by Crippen LogP contribution is 2.34. The van der Waals surface area contributed by atoms with Gasteiger partial charge in [-0.05, 0) is 42.5 Å². The average Bonchev–Trinajstić information content (AvgIpc) is 2.97. The lowest BCUT2D eigenvalue weighted by Crippen LogP contribution is -2.26. The van der Waals surface area contributed by atoms with Crippen LogP contribution in [-0.2, 0) is 0 Å². The summed E-state index contributed by atoms with van der Waals surface area (Å²) in [6, 6.07) is 8.82. The van der Waals surface area contributed by atoms with Crippen LogP contribution in [0.2, 0.25) is 0 Å². The summed E-state index contributed by atoms with van der Waals surface area (Å²) >= 11 is 0. The minimum atomic E-state index is -0.105. The van der Waals surface area contributed by atoms with Crippen molar-refractivity contribution in [3.63, 3.8) is 0 Å². The predicted octanol–water partition coefficient (Wildman–Crippen LogP) is 3.97. The van der Waals surface area contributed by atoms with Crippen molar-refractivity contribution >= 4 is 11.9 Å². The lowest BCUT2D eigenvalue weighted by molar-refractivity contribution is 0.104. The minimum Gasteiger partial charge on any atom is -0.489 e. The molecule has 0 radical (unpaired) electrons. The number of ketones is 1. The van der Waals surface area contributed by atoms with Crippen LogP contribution in [0.4, 0.5) is 0 Å². The van der Waals surface area contributed by atoms with Gasteiger partial charge in [-0.2, -0.15) is 0 Å². The highest BCUT2D eigenvalue weighted by Gasteiger charge is 2.25. The number of rotatable bonds is 3. The molecular formula is C18H18O4. The lowest BCUT2D eigenvalue weighted by atomic mass is 9.97. The highest BCUT2D eigenvalue weighted by molar-refractivity contribution is 6.07. The molecular weight excluding hydrogens is 280 g/mol. The molecule has 1 aromatic carbocycles. The molecule has 0 bridgehead atoms. The van der Waals surface area contributed by atoms with Crippen LogP contribution in [-0.4, -0.2) is 19.0 Å². The number of ether oxygens (including phenoxy) is 2. The van der Waals surface area contributed by atoms with Gasteiger partial charge in [0.05, 0.1) is 19.5 Å². The van der Waals surface area contributed by atoms with Crippen LogP contribution < -0.4 is 9.47 Å². The van der Waals surface area contributed by atoms with Crippen molar-refractivity contribution in [3.8, 4) is 11.5 Å². The number of hydrogen-bond acceptors (Lipinski definition) is 4. The van der Waals surface area contributed by atoms with Gasteiger partial charge in [0.25, 0.3) is 0 Å². The number of hydrogen-bond donors (Lipinski definition) is 0.